The van der Waals surface area contributed by atoms with Crippen molar-refractivity contribution in [2.75, 3.05) is 7.11 Å². The molecule has 0 unspecified atom stereocenters. The van der Waals surface area contributed by atoms with Gasteiger partial charge in [0, 0.05) is 35.4 Å². The van der Waals surface area contributed by atoms with Crippen molar-refractivity contribution in [3.63, 3.8) is 0 Å². The van der Waals surface area contributed by atoms with E-state index < -0.39 is 28.8 Å². The SMILES string of the molecule is COc1ccc([C@@H]2CC(=O)c3c(O)cc(O)cc3O2)cc1-c1c(O)cc(O)c2c(=O)cc(-c3ccc(O)cc3)oc12. The molecule has 10 nitrogen and oxygen atoms in total. The van der Waals surface area contributed by atoms with E-state index in [1.807, 2.05) is 0 Å². The van der Waals surface area contributed by atoms with Crippen molar-refractivity contribution in [1.82, 2.24) is 0 Å². The number of fused-ring (bicyclic) bond motifs is 2. The fourth-order valence-electron chi connectivity index (χ4n) is 5.06. The Hall–Kier alpha value is -5.64. The van der Waals surface area contributed by atoms with Crippen molar-refractivity contribution in [1.29, 1.82) is 0 Å². The fraction of sp³-hybridized carbons (Fsp3) is 0.0968. The number of aromatic hydroxyl groups is 5. The van der Waals surface area contributed by atoms with E-state index in [0.29, 0.717) is 11.1 Å². The number of Topliss-reactive ketones (excluding diaryl/α,β-unsaturated/α-hetero) is 1. The number of rotatable bonds is 4. The molecule has 1 aliphatic heterocycles. The van der Waals surface area contributed by atoms with Gasteiger partial charge < -0.3 is 39.4 Å². The van der Waals surface area contributed by atoms with Crippen LogP contribution in [0.15, 0.2) is 75.9 Å². The molecule has 1 atom stereocenters. The maximum Gasteiger partial charge on any atom is 0.197 e. The Morgan fingerprint density at radius 2 is 1.51 bits per heavy atom. The third-order valence-corrected chi connectivity index (χ3v) is 6.96. The summed E-state index contributed by atoms with van der Waals surface area (Å²) in [5.41, 5.74) is 0.565. The molecule has 0 bridgehead atoms. The molecule has 206 valence electrons. The van der Waals surface area contributed by atoms with Gasteiger partial charge in [-0.15, -0.1) is 0 Å². The van der Waals surface area contributed by atoms with E-state index in [-0.39, 0.29) is 68.6 Å². The molecule has 0 fully saturated rings. The molecule has 1 aromatic heterocycles. The van der Waals surface area contributed by atoms with Gasteiger partial charge in [-0.3, -0.25) is 9.59 Å². The molecule has 10 heteroatoms. The van der Waals surface area contributed by atoms with Gasteiger partial charge in [0.1, 0.15) is 63.1 Å². The van der Waals surface area contributed by atoms with E-state index in [9.17, 15) is 35.1 Å². The normalized spacial score (nSPS) is 14.5. The van der Waals surface area contributed by atoms with Gasteiger partial charge in [-0.2, -0.15) is 0 Å². The number of carbonyl (C=O) groups is 1. The van der Waals surface area contributed by atoms with Crippen LogP contribution in [-0.2, 0) is 0 Å². The standard InChI is InChI=1S/C31H22O10/c1-39-24-7-4-15(26-12-22(37)29-19(34)9-17(33)10-27(29)40-26)8-18(24)28-20(35)11-21(36)30-23(38)13-25(41-31(28)30)14-2-5-16(32)6-3-14/h2-11,13,26,32-36H,12H2,1H3/t26-/m0/s1. The molecule has 4 aromatic carbocycles. The van der Waals surface area contributed by atoms with Crippen molar-refractivity contribution >= 4 is 16.8 Å². The van der Waals surface area contributed by atoms with Gasteiger partial charge in [-0.1, -0.05) is 6.07 Å². The smallest absolute Gasteiger partial charge is 0.197 e. The third-order valence-electron chi connectivity index (χ3n) is 6.96. The number of phenolic OH excluding ortho intramolecular Hbond substituents is 5. The second-order valence-corrected chi connectivity index (χ2v) is 9.55. The number of ether oxygens (including phenoxy) is 2. The van der Waals surface area contributed by atoms with E-state index in [2.05, 4.69) is 0 Å². The predicted molar refractivity (Wildman–Crippen MR) is 147 cm³/mol. The van der Waals surface area contributed by atoms with Crippen molar-refractivity contribution < 1.29 is 44.2 Å². The van der Waals surface area contributed by atoms with Crippen molar-refractivity contribution in [3.05, 3.63) is 88.1 Å². The van der Waals surface area contributed by atoms with Gasteiger partial charge >= 0.3 is 0 Å². The summed E-state index contributed by atoms with van der Waals surface area (Å²) >= 11 is 0. The highest BCUT2D eigenvalue weighted by Crippen LogP contribution is 2.47. The first-order valence-corrected chi connectivity index (χ1v) is 12.4. The zero-order chi connectivity index (χ0) is 29.0. The number of ketones is 1. The largest absolute Gasteiger partial charge is 0.508 e. The summed E-state index contributed by atoms with van der Waals surface area (Å²) in [6.07, 6.45) is -0.953. The van der Waals surface area contributed by atoms with E-state index in [1.165, 1.54) is 31.4 Å². The Balaban J connectivity index is 1.55. The Kier molecular flexibility index (Phi) is 5.95. The first-order chi connectivity index (χ1) is 19.6. The lowest BCUT2D eigenvalue weighted by molar-refractivity contribution is 0.0845. The summed E-state index contributed by atoms with van der Waals surface area (Å²) in [6.45, 7) is 0. The number of hydrogen-bond donors (Lipinski definition) is 5. The van der Waals surface area contributed by atoms with E-state index in [4.69, 9.17) is 13.9 Å². The van der Waals surface area contributed by atoms with Gasteiger partial charge in [0.15, 0.2) is 16.8 Å². The zero-order valence-electron chi connectivity index (χ0n) is 21.4. The average Bonchev–Trinajstić information content (AvgIpc) is 2.92. The Morgan fingerprint density at radius 1 is 0.780 bits per heavy atom. The molecule has 0 aliphatic carbocycles. The molecule has 6 rings (SSSR count). The maximum atomic E-state index is 13.2. The van der Waals surface area contributed by atoms with Crippen molar-refractivity contribution in [2.24, 2.45) is 0 Å². The predicted octanol–water partition coefficient (Wildman–Crippen LogP) is 5.37. The molecule has 0 radical (unpaired) electrons. The summed E-state index contributed by atoms with van der Waals surface area (Å²) in [5.74, 6) is -1.50. The van der Waals surface area contributed by atoms with Crippen LogP contribution in [0.4, 0.5) is 0 Å². The minimum Gasteiger partial charge on any atom is -0.508 e. The van der Waals surface area contributed by atoms with Crippen LogP contribution in [0.2, 0.25) is 0 Å². The number of methoxy groups -OCH3 is 1. The van der Waals surface area contributed by atoms with Crippen molar-refractivity contribution in [3.8, 4) is 62.7 Å². The molecule has 1 aliphatic rings. The van der Waals surface area contributed by atoms with Crippen LogP contribution in [0.3, 0.4) is 0 Å². The van der Waals surface area contributed by atoms with Crippen molar-refractivity contribution in [2.45, 2.75) is 12.5 Å². The fourth-order valence-corrected chi connectivity index (χ4v) is 5.06. The minimum absolute atomic E-state index is 0.0172. The highest BCUT2D eigenvalue weighted by molar-refractivity contribution is 6.03. The Bertz CT molecular complexity index is 1920. The van der Waals surface area contributed by atoms with E-state index in [0.717, 1.165) is 12.1 Å². The van der Waals surface area contributed by atoms with Crippen LogP contribution in [0.1, 0.15) is 28.4 Å². The molecular formula is C31H22O10. The molecule has 0 amide bonds. The van der Waals surface area contributed by atoms with Gasteiger partial charge in [0.05, 0.1) is 19.1 Å². The summed E-state index contributed by atoms with van der Waals surface area (Å²) in [6, 6.07) is 15.3. The lowest BCUT2D eigenvalue weighted by atomic mass is 9.92. The van der Waals surface area contributed by atoms with Crippen LogP contribution < -0.4 is 14.9 Å². The van der Waals surface area contributed by atoms with Gasteiger partial charge in [0.2, 0.25) is 0 Å². The van der Waals surface area contributed by atoms with Gasteiger partial charge in [0.25, 0.3) is 0 Å². The summed E-state index contributed by atoms with van der Waals surface area (Å²) < 4.78 is 17.6. The Morgan fingerprint density at radius 3 is 2.24 bits per heavy atom. The molecule has 5 aromatic rings. The van der Waals surface area contributed by atoms with Gasteiger partial charge in [-0.25, -0.2) is 0 Å². The Labute approximate surface area is 231 Å². The van der Waals surface area contributed by atoms with Crippen LogP contribution >= 0.6 is 0 Å². The van der Waals surface area contributed by atoms with Crippen LogP contribution in [0.5, 0.6) is 40.2 Å². The third kappa shape index (κ3) is 4.31. The highest BCUT2D eigenvalue weighted by Gasteiger charge is 2.32. The monoisotopic (exact) mass is 554 g/mol. The van der Waals surface area contributed by atoms with Gasteiger partial charge in [-0.05, 0) is 42.0 Å². The maximum absolute atomic E-state index is 13.2. The minimum atomic E-state index is -0.828. The first-order valence-electron chi connectivity index (χ1n) is 12.4. The molecule has 2 heterocycles. The summed E-state index contributed by atoms with van der Waals surface area (Å²) in [7, 11) is 1.42. The topological polar surface area (TPSA) is 167 Å². The highest BCUT2D eigenvalue weighted by atomic mass is 16.5. The summed E-state index contributed by atoms with van der Waals surface area (Å²) in [5, 5.41) is 51.1. The first kappa shape index (κ1) is 25.6. The average molecular weight is 555 g/mol. The molecule has 0 saturated carbocycles. The zero-order valence-corrected chi connectivity index (χ0v) is 21.4. The molecule has 5 N–H and O–H groups in total. The van der Waals surface area contributed by atoms with Crippen LogP contribution in [-0.4, -0.2) is 38.4 Å². The quantitative estimate of drug-likeness (QED) is 0.195. The van der Waals surface area contributed by atoms with E-state index in [1.54, 1.807) is 30.3 Å². The molecule has 41 heavy (non-hydrogen) atoms. The molecule has 0 spiro atoms. The number of carbonyl (C=O) groups excluding carboxylic acids is 1. The molecule has 0 saturated heterocycles. The number of phenols is 5. The number of hydrogen-bond acceptors (Lipinski definition) is 10. The number of benzene rings is 4. The molecular weight excluding hydrogens is 532 g/mol. The lowest BCUT2D eigenvalue weighted by Crippen LogP contribution is -2.20. The van der Waals surface area contributed by atoms with E-state index >= 15 is 0 Å². The second-order valence-electron chi connectivity index (χ2n) is 9.55. The summed E-state index contributed by atoms with van der Waals surface area (Å²) in [4.78, 5) is 26.0. The van der Waals surface area contributed by atoms with Crippen LogP contribution in [0.25, 0.3) is 33.4 Å². The van der Waals surface area contributed by atoms with Crippen LogP contribution in [0, 0.1) is 0 Å². The second kappa shape index (κ2) is 9.53. The lowest BCUT2D eigenvalue weighted by Gasteiger charge is -2.27.